The monoisotopic (exact) mass is 276 g/mol. The van der Waals surface area contributed by atoms with Gasteiger partial charge in [0.1, 0.15) is 11.3 Å². The number of rotatable bonds is 2. The minimum Gasteiger partial charge on any atom is -0.366 e. The molecule has 0 bridgehead atoms. The summed E-state index contributed by atoms with van der Waals surface area (Å²) in [5.74, 6) is -1.12. The number of carbonyl (C=O) groups is 1. The Kier molecular flexibility index (Phi) is 3.17. The summed E-state index contributed by atoms with van der Waals surface area (Å²) in [5.41, 5.74) is 5.92. The number of likely N-dealkylation sites (tertiary alicyclic amines) is 1. The van der Waals surface area contributed by atoms with E-state index in [0.29, 0.717) is 10.9 Å². The molecule has 1 aromatic heterocycles. The van der Waals surface area contributed by atoms with Crippen LogP contribution >= 0.6 is 0 Å². The van der Waals surface area contributed by atoms with Crippen molar-refractivity contribution in [3.63, 3.8) is 0 Å². The van der Waals surface area contributed by atoms with Gasteiger partial charge in [0.15, 0.2) is 0 Å². The SMILES string of the molecule is CN1CCCC(n2cc3cc(F)cc(C(N)=O)c3n2)C1. The molecular weight excluding hydrogens is 259 g/mol. The highest BCUT2D eigenvalue weighted by Gasteiger charge is 2.21. The number of nitrogens with zero attached hydrogens (tertiary/aromatic N) is 3. The summed E-state index contributed by atoms with van der Waals surface area (Å²) in [5, 5.41) is 5.07. The van der Waals surface area contributed by atoms with E-state index in [1.54, 1.807) is 6.20 Å². The first-order valence-corrected chi connectivity index (χ1v) is 6.71. The van der Waals surface area contributed by atoms with Gasteiger partial charge in [-0.15, -0.1) is 0 Å². The summed E-state index contributed by atoms with van der Waals surface area (Å²) in [6.45, 7) is 1.99. The topological polar surface area (TPSA) is 64.2 Å². The van der Waals surface area contributed by atoms with E-state index in [1.807, 2.05) is 4.68 Å². The van der Waals surface area contributed by atoms with Crippen LogP contribution in [0.25, 0.3) is 10.9 Å². The van der Waals surface area contributed by atoms with Gasteiger partial charge >= 0.3 is 0 Å². The molecule has 6 heteroatoms. The lowest BCUT2D eigenvalue weighted by atomic mass is 10.1. The summed E-state index contributed by atoms with van der Waals surface area (Å²) >= 11 is 0. The van der Waals surface area contributed by atoms with Crippen LogP contribution in [-0.2, 0) is 0 Å². The maximum atomic E-state index is 13.5. The molecule has 1 aliphatic rings. The average molecular weight is 276 g/mol. The Morgan fingerprint density at radius 2 is 2.30 bits per heavy atom. The lowest BCUT2D eigenvalue weighted by Gasteiger charge is -2.29. The third kappa shape index (κ3) is 2.27. The third-order valence-corrected chi connectivity index (χ3v) is 3.83. The second-order valence-electron chi connectivity index (χ2n) is 5.42. The molecule has 1 fully saturated rings. The van der Waals surface area contributed by atoms with E-state index in [1.165, 1.54) is 6.07 Å². The van der Waals surface area contributed by atoms with E-state index >= 15 is 0 Å². The van der Waals surface area contributed by atoms with Gasteiger partial charge in [0.25, 0.3) is 5.91 Å². The van der Waals surface area contributed by atoms with Crippen LogP contribution in [0, 0.1) is 5.82 Å². The van der Waals surface area contributed by atoms with Crippen molar-refractivity contribution in [2.45, 2.75) is 18.9 Å². The predicted molar refractivity (Wildman–Crippen MR) is 74.0 cm³/mol. The molecule has 1 aromatic carbocycles. The molecule has 1 amide bonds. The molecule has 1 aliphatic heterocycles. The van der Waals surface area contributed by atoms with E-state index in [2.05, 4.69) is 17.0 Å². The summed E-state index contributed by atoms with van der Waals surface area (Å²) in [6.07, 6.45) is 3.94. The van der Waals surface area contributed by atoms with Gasteiger partial charge in [-0.1, -0.05) is 0 Å². The summed E-state index contributed by atoms with van der Waals surface area (Å²) in [4.78, 5) is 13.6. The molecule has 1 atom stereocenters. The Morgan fingerprint density at radius 3 is 3.00 bits per heavy atom. The highest BCUT2D eigenvalue weighted by atomic mass is 19.1. The molecule has 2 N–H and O–H groups in total. The molecule has 2 aromatic rings. The number of likely N-dealkylation sites (N-methyl/N-ethyl adjacent to an activating group) is 1. The average Bonchev–Trinajstić information content (AvgIpc) is 2.81. The first-order chi connectivity index (χ1) is 9.54. The number of fused-ring (bicyclic) bond motifs is 1. The van der Waals surface area contributed by atoms with E-state index < -0.39 is 11.7 Å². The molecule has 0 spiro atoms. The van der Waals surface area contributed by atoms with Crippen LogP contribution in [0.2, 0.25) is 0 Å². The van der Waals surface area contributed by atoms with Crippen LogP contribution in [-0.4, -0.2) is 40.7 Å². The lowest BCUT2D eigenvalue weighted by Crippen LogP contribution is -2.33. The van der Waals surface area contributed by atoms with Crippen molar-refractivity contribution in [1.82, 2.24) is 14.7 Å². The van der Waals surface area contributed by atoms with Gasteiger partial charge in [0.2, 0.25) is 0 Å². The quantitative estimate of drug-likeness (QED) is 0.905. The fourth-order valence-electron chi connectivity index (χ4n) is 2.85. The largest absolute Gasteiger partial charge is 0.366 e. The van der Waals surface area contributed by atoms with Crippen LogP contribution in [0.3, 0.4) is 0 Å². The predicted octanol–water partition coefficient (Wildman–Crippen LogP) is 1.54. The Balaban J connectivity index is 2.06. The van der Waals surface area contributed by atoms with Crippen molar-refractivity contribution in [1.29, 1.82) is 0 Å². The number of halogens is 1. The second kappa shape index (κ2) is 4.86. The maximum absolute atomic E-state index is 13.5. The molecule has 106 valence electrons. The number of benzene rings is 1. The van der Waals surface area contributed by atoms with Crippen molar-refractivity contribution in [2.75, 3.05) is 20.1 Å². The number of hydrogen-bond acceptors (Lipinski definition) is 3. The summed E-state index contributed by atoms with van der Waals surface area (Å²) in [6, 6.07) is 2.79. The number of primary amides is 1. The number of nitrogens with two attached hydrogens (primary N) is 1. The molecule has 0 saturated carbocycles. The Bertz CT molecular complexity index is 666. The van der Waals surface area contributed by atoms with Crippen LogP contribution in [0.4, 0.5) is 4.39 Å². The standard InChI is InChI=1S/C14H17FN4O/c1-18-4-2-3-11(8-18)19-7-9-5-10(15)6-12(14(16)20)13(9)17-19/h5-7,11H,2-4,8H2,1H3,(H2,16,20). The van der Waals surface area contributed by atoms with Crippen molar-refractivity contribution >= 4 is 16.8 Å². The highest BCUT2D eigenvalue weighted by Crippen LogP contribution is 2.25. The molecule has 1 unspecified atom stereocenters. The Hall–Kier alpha value is -1.95. The minimum atomic E-state index is -0.652. The van der Waals surface area contributed by atoms with E-state index in [9.17, 15) is 9.18 Å². The van der Waals surface area contributed by atoms with Crippen LogP contribution in [0.15, 0.2) is 18.3 Å². The van der Waals surface area contributed by atoms with Gasteiger partial charge in [-0.2, -0.15) is 5.10 Å². The molecule has 5 nitrogen and oxygen atoms in total. The minimum absolute atomic E-state index is 0.142. The van der Waals surface area contributed by atoms with Crippen molar-refractivity contribution in [3.8, 4) is 0 Å². The Labute approximate surface area is 116 Å². The molecule has 0 radical (unpaired) electrons. The zero-order valence-corrected chi connectivity index (χ0v) is 11.3. The number of hydrogen-bond donors (Lipinski definition) is 1. The Morgan fingerprint density at radius 1 is 1.50 bits per heavy atom. The van der Waals surface area contributed by atoms with E-state index in [4.69, 9.17) is 5.73 Å². The van der Waals surface area contributed by atoms with Crippen LogP contribution < -0.4 is 5.73 Å². The number of amides is 1. The molecule has 20 heavy (non-hydrogen) atoms. The number of piperidine rings is 1. The summed E-state index contributed by atoms with van der Waals surface area (Å²) in [7, 11) is 2.07. The molecule has 0 aliphatic carbocycles. The van der Waals surface area contributed by atoms with Crippen LogP contribution in [0.1, 0.15) is 29.2 Å². The van der Waals surface area contributed by atoms with Crippen molar-refractivity contribution in [2.24, 2.45) is 5.73 Å². The third-order valence-electron chi connectivity index (χ3n) is 3.83. The second-order valence-corrected chi connectivity index (χ2v) is 5.42. The van der Waals surface area contributed by atoms with Gasteiger partial charge in [-0.3, -0.25) is 9.48 Å². The zero-order valence-electron chi connectivity index (χ0n) is 11.3. The first-order valence-electron chi connectivity index (χ1n) is 6.71. The van der Waals surface area contributed by atoms with Crippen LogP contribution in [0.5, 0.6) is 0 Å². The highest BCUT2D eigenvalue weighted by molar-refractivity contribution is 6.04. The fraction of sp³-hybridized carbons (Fsp3) is 0.429. The summed E-state index contributed by atoms with van der Waals surface area (Å²) < 4.78 is 15.4. The van der Waals surface area contributed by atoms with Crippen molar-refractivity contribution in [3.05, 3.63) is 29.7 Å². The molecule has 3 rings (SSSR count). The normalized spacial score (nSPS) is 20.4. The fourth-order valence-corrected chi connectivity index (χ4v) is 2.85. The smallest absolute Gasteiger partial charge is 0.251 e. The maximum Gasteiger partial charge on any atom is 0.251 e. The van der Waals surface area contributed by atoms with Gasteiger partial charge < -0.3 is 10.6 Å². The van der Waals surface area contributed by atoms with E-state index in [-0.39, 0.29) is 11.6 Å². The van der Waals surface area contributed by atoms with Gasteiger partial charge in [-0.05, 0) is 38.6 Å². The van der Waals surface area contributed by atoms with Gasteiger partial charge in [0.05, 0.1) is 11.6 Å². The molecule has 2 heterocycles. The molecular formula is C14H17FN4O. The van der Waals surface area contributed by atoms with E-state index in [0.717, 1.165) is 32.0 Å². The number of carbonyl (C=O) groups excluding carboxylic acids is 1. The zero-order chi connectivity index (χ0) is 14.3. The molecule has 1 saturated heterocycles. The van der Waals surface area contributed by atoms with Gasteiger partial charge in [0, 0.05) is 18.1 Å². The lowest BCUT2D eigenvalue weighted by molar-refractivity contribution is 0.100. The number of aromatic nitrogens is 2. The van der Waals surface area contributed by atoms with Gasteiger partial charge in [-0.25, -0.2) is 4.39 Å². The van der Waals surface area contributed by atoms with Crippen molar-refractivity contribution < 1.29 is 9.18 Å². The first kappa shape index (κ1) is 13.1.